The molecule has 1 unspecified atom stereocenters. The summed E-state index contributed by atoms with van der Waals surface area (Å²) in [6, 6.07) is 1.37. The first-order valence-electron chi connectivity index (χ1n) is 6.12. The van der Waals surface area contributed by atoms with Gasteiger partial charge in [-0.2, -0.15) is 0 Å². The van der Waals surface area contributed by atoms with Crippen molar-refractivity contribution in [3.05, 3.63) is 28.8 Å². The summed E-state index contributed by atoms with van der Waals surface area (Å²) in [6.07, 6.45) is 2.99. The third kappa shape index (κ3) is 2.48. The summed E-state index contributed by atoms with van der Waals surface area (Å²) in [5, 5.41) is 0.0656. The largest absolute Gasteiger partial charge is 0.335 e. The van der Waals surface area contributed by atoms with Crippen molar-refractivity contribution in [2.75, 3.05) is 6.54 Å². The van der Waals surface area contributed by atoms with E-state index in [0.29, 0.717) is 12.5 Å². The van der Waals surface area contributed by atoms with E-state index in [1.807, 2.05) is 0 Å². The van der Waals surface area contributed by atoms with Gasteiger partial charge in [-0.05, 0) is 24.8 Å². The summed E-state index contributed by atoms with van der Waals surface area (Å²) in [5.41, 5.74) is 0.157. The molecule has 1 aromatic rings. The Kier molecular flexibility index (Phi) is 3.85. The van der Waals surface area contributed by atoms with Crippen molar-refractivity contribution >= 4 is 17.5 Å². The maximum Gasteiger partial charge on any atom is 0.257 e. The van der Waals surface area contributed by atoms with Crippen LogP contribution in [-0.4, -0.2) is 28.4 Å². The molecule has 0 saturated carbocycles. The predicted octanol–water partition coefficient (Wildman–Crippen LogP) is 3.13. The lowest BCUT2D eigenvalue weighted by Crippen LogP contribution is -2.38. The van der Waals surface area contributed by atoms with Gasteiger partial charge in [0, 0.05) is 12.6 Å². The summed E-state index contributed by atoms with van der Waals surface area (Å²) in [4.78, 5) is 17.8. The zero-order chi connectivity index (χ0) is 13.3. The van der Waals surface area contributed by atoms with Gasteiger partial charge in [-0.25, -0.2) is 9.37 Å². The first kappa shape index (κ1) is 13.3. The van der Waals surface area contributed by atoms with Crippen LogP contribution in [0.4, 0.5) is 4.39 Å². The van der Waals surface area contributed by atoms with Gasteiger partial charge in [0.15, 0.2) is 0 Å². The van der Waals surface area contributed by atoms with Gasteiger partial charge in [0.2, 0.25) is 0 Å². The van der Waals surface area contributed by atoms with Crippen LogP contribution in [0, 0.1) is 11.7 Å². The number of hydrogen-bond acceptors (Lipinski definition) is 2. The fourth-order valence-electron chi connectivity index (χ4n) is 2.47. The number of hydrogen-bond donors (Lipinski definition) is 0. The highest BCUT2D eigenvalue weighted by atomic mass is 35.5. The number of likely N-dealkylation sites (tertiary alicyclic amines) is 1. The fraction of sp³-hybridized carbons (Fsp3) is 0.538. The van der Waals surface area contributed by atoms with Crippen molar-refractivity contribution in [3.8, 4) is 0 Å². The molecule has 0 N–H and O–H groups in total. The van der Waals surface area contributed by atoms with Crippen molar-refractivity contribution in [1.29, 1.82) is 0 Å². The molecule has 5 heteroatoms. The summed E-state index contributed by atoms with van der Waals surface area (Å²) >= 11 is 5.87. The van der Waals surface area contributed by atoms with Crippen molar-refractivity contribution in [1.82, 2.24) is 9.88 Å². The monoisotopic (exact) mass is 270 g/mol. The minimum absolute atomic E-state index is 0.0656. The van der Waals surface area contributed by atoms with Crippen LogP contribution in [0.5, 0.6) is 0 Å². The molecule has 1 saturated heterocycles. The van der Waals surface area contributed by atoms with Crippen molar-refractivity contribution in [3.63, 3.8) is 0 Å². The zero-order valence-corrected chi connectivity index (χ0v) is 11.2. The lowest BCUT2D eigenvalue weighted by Gasteiger charge is -2.27. The second kappa shape index (κ2) is 5.22. The number of carbonyl (C=O) groups is 1. The quantitative estimate of drug-likeness (QED) is 0.774. The average Bonchev–Trinajstić information content (AvgIpc) is 2.80. The molecule has 1 aromatic heterocycles. The number of amides is 1. The van der Waals surface area contributed by atoms with E-state index in [9.17, 15) is 9.18 Å². The topological polar surface area (TPSA) is 33.2 Å². The summed E-state index contributed by atoms with van der Waals surface area (Å²) in [5.74, 6) is -0.372. The van der Waals surface area contributed by atoms with Gasteiger partial charge in [-0.3, -0.25) is 4.79 Å². The maximum absolute atomic E-state index is 13.2. The Labute approximate surface area is 111 Å². The Balaban J connectivity index is 2.28. The second-order valence-electron chi connectivity index (χ2n) is 4.94. The van der Waals surface area contributed by atoms with E-state index in [0.717, 1.165) is 25.1 Å². The van der Waals surface area contributed by atoms with Crippen LogP contribution in [0.25, 0.3) is 0 Å². The summed E-state index contributed by atoms with van der Waals surface area (Å²) in [7, 11) is 0. The molecule has 1 atom stereocenters. The average molecular weight is 271 g/mol. The third-order valence-electron chi connectivity index (χ3n) is 3.37. The molecular formula is C13H16ClFN2O. The Bertz CT molecular complexity index is 464. The van der Waals surface area contributed by atoms with Crippen LogP contribution >= 0.6 is 11.6 Å². The maximum atomic E-state index is 13.2. The summed E-state index contributed by atoms with van der Waals surface area (Å²) < 4.78 is 13.2. The second-order valence-corrected chi connectivity index (χ2v) is 5.30. The Morgan fingerprint density at radius 1 is 1.61 bits per heavy atom. The molecule has 0 aromatic carbocycles. The molecule has 0 aliphatic carbocycles. The van der Waals surface area contributed by atoms with Gasteiger partial charge in [0.05, 0.1) is 11.8 Å². The molecule has 0 bridgehead atoms. The molecule has 1 fully saturated rings. The molecular weight excluding hydrogens is 255 g/mol. The van der Waals surface area contributed by atoms with Crippen LogP contribution in [0.1, 0.15) is 37.0 Å². The molecule has 2 heterocycles. The highest BCUT2D eigenvalue weighted by molar-refractivity contribution is 6.32. The fourth-order valence-corrected chi connectivity index (χ4v) is 2.65. The molecule has 98 valence electrons. The smallest absolute Gasteiger partial charge is 0.257 e. The molecule has 1 aliphatic rings. The van der Waals surface area contributed by atoms with E-state index in [2.05, 4.69) is 18.8 Å². The van der Waals surface area contributed by atoms with E-state index in [-0.39, 0.29) is 22.7 Å². The zero-order valence-electron chi connectivity index (χ0n) is 10.5. The molecule has 3 nitrogen and oxygen atoms in total. The van der Waals surface area contributed by atoms with Gasteiger partial charge in [-0.1, -0.05) is 25.4 Å². The van der Waals surface area contributed by atoms with E-state index >= 15 is 0 Å². The van der Waals surface area contributed by atoms with E-state index < -0.39 is 5.82 Å². The van der Waals surface area contributed by atoms with Gasteiger partial charge in [-0.15, -0.1) is 0 Å². The minimum Gasteiger partial charge on any atom is -0.335 e. The van der Waals surface area contributed by atoms with E-state index in [4.69, 9.17) is 11.6 Å². The minimum atomic E-state index is -0.539. The number of pyridine rings is 1. The number of rotatable bonds is 2. The molecule has 0 radical (unpaired) electrons. The molecule has 1 amide bonds. The Morgan fingerprint density at radius 2 is 2.33 bits per heavy atom. The van der Waals surface area contributed by atoms with Crippen molar-refractivity contribution in [2.45, 2.75) is 32.7 Å². The number of aromatic nitrogens is 1. The molecule has 0 spiro atoms. The highest BCUT2D eigenvalue weighted by Gasteiger charge is 2.32. The molecule has 1 aliphatic heterocycles. The third-order valence-corrected chi connectivity index (χ3v) is 3.67. The number of carbonyl (C=O) groups excluding carboxylic acids is 1. The van der Waals surface area contributed by atoms with Gasteiger partial charge in [0.25, 0.3) is 5.91 Å². The number of nitrogens with zero attached hydrogens (tertiary/aromatic N) is 2. The first-order valence-corrected chi connectivity index (χ1v) is 6.50. The van der Waals surface area contributed by atoms with Crippen LogP contribution < -0.4 is 0 Å². The first-order chi connectivity index (χ1) is 8.50. The van der Waals surface area contributed by atoms with Crippen LogP contribution in [0.2, 0.25) is 5.15 Å². The number of halogens is 2. The molecule has 18 heavy (non-hydrogen) atoms. The van der Waals surface area contributed by atoms with E-state index in [1.165, 1.54) is 0 Å². The van der Waals surface area contributed by atoms with Crippen molar-refractivity contribution < 1.29 is 9.18 Å². The van der Waals surface area contributed by atoms with Gasteiger partial charge >= 0.3 is 0 Å². The standard InChI is InChI=1S/C13H16ClFN2O/c1-8(2)11-4-3-5-17(11)13(18)10-6-9(15)7-16-12(10)14/h6-8,11H,3-5H2,1-2H3. The van der Waals surface area contributed by atoms with Gasteiger partial charge in [0.1, 0.15) is 11.0 Å². The van der Waals surface area contributed by atoms with Crippen LogP contribution in [0.3, 0.4) is 0 Å². The lowest BCUT2D eigenvalue weighted by atomic mass is 10.0. The normalized spacial score (nSPS) is 19.6. The summed E-state index contributed by atoms with van der Waals surface area (Å²) in [6.45, 7) is 4.87. The van der Waals surface area contributed by atoms with E-state index in [1.54, 1.807) is 4.90 Å². The highest BCUT2D eigenvalue weighted by Crippen LogP contribution is 2.27. The van der Waals surface area contributed by atoms with Gasteiger partial charge < -0.3 is 4.90 Å². The van der Waals surface area contributed by atoms with Crippen molar-refractivity contribution in [2.24, 2.45) is 5.92 Å². The SMILES string of the molecule is CC(C)C1CCCN1C(=O)c1cc(F)cnc1Cl. The predicted molar refractivity (Wildman–Crippen MR) is 68.1 cm³/mol. The Morgan fingerprint density at radius 3 is 3.00 bits per heavy atom. The Hall–Kier alpha value is -1.16. The van der Waals surface area contributed by atoms with Crippen LogP contribution in [-0.2, 0) is 0 Å². The van der Waals surface area contributed by atoms with Crippen LogP contribution in [0.15, 0.2) is 12.3 Å². The molecule has 2 rings (SSSR count). The lowest BCUT2D eigenvalue weighted by molar-refractivity contribution is 0.0701.